The highest BCUT2D eigenvalue weighted by Crippen LogP contribution is 2.33. The van der Waals surface area contributed by atoms with Gasteiger partial charge in [-0.15, -0.1) is 0 Å². The molecule has 0 unspecified atom stereocenters. The number of ether oxygens (including phenoxy) is 1. The monoisotopic (exact) mass is 331 g/mol. The summed E-state index contributed by atoms with van der Waals surface area (Å²) in [6.45, 7) is 0. The number of benzene rings is 2. The van der Waals surface area contributed by atoms with Gasteiger partial charge in [0.15, 0.2) is 0 Å². The van der Waals surface area contributed by atoms with E-state index >= 15 is 0 Å². The molecule has 0 heterocycles. The molecule has 2 rings (SSSR count). The number of carbonyl (C=O) groups is 1. The van der Waals surface area contributed by atoms with Gasteiger partial charge in [-0.2, -0.15) is 18.4 Å². The van der Waals surface area contributed by atoms with Gasteiger partial charge in [0.2, 0.25) is 5.78 Å². The van der Waals surface area contributed by atoms with Gasteiger partial charge < -0.3 is 4.74 Å². The SMILES string of the molecule is COc1ccc(C(=O)/C(C#N)=C\c2ccccc2C(F)(F)F)cc1. The summed E-state index contributed by atoms with van der Waals surface area (Å²) in [4.78, 5) is 12.3. The van der Waals surface area contributed by atoms with Crippen molar-refractivity contribution in [3.63, 3.8) is 0 Å². The van der Waals surface area contributed by atoms with Crippen molar-refractivity contribution in [2.45, 2.75) is 6.18 Å². The second-order valence-corrected chi connectivity index (χ2v) is 4.81. The van der Waals surface area contributed by atoms with Crippen molar-refractivity contribution < 1.29 is 22.7 Å². The Bertz CT molecular complexity index is 815. The summed E-state index contributed by atoms with van der Waals surface area (Å²) in [6, 6.07) is 12.4. The van der Waals surface area contributed by atoms with Crippen molar-refractivity contribution in [3.05, 3.63) is 70.8 Å². The van der Waals surface area contributed by atoms with Gasteiger partial charge >= 0.3 is 6.18 Å². The number of rotatable bonds is 4. The first-order chi connectivity index (χ1) is 11.4. The van der Waals surface area contributed by atoms with Crippen LogP contribution in [0.4, 0.5) is 13.2 Å². The molecule has 0 saturated heterocycles. The van der Waals surface area contributed by atoms with E-state index in [4.69, 9.17) is 10.00 Å². The fraction of sp³-hybridized carbons (Fsp3) is 0.111. The third kappa shape index (κ3) is 3.82. The lowest BCUT2D eigenvalue weighted by Gasteiger charge is -2.10. The minimum atomic E-state index is -4.57. The molecule has 2 aromatic carbocycles. The molecular formula is C18H12F3NO2. The van der Waals surface area contributed by atoms with Crippen LogP contribution in [-0.4, -0.2) is 12.9 Å². The number of hydrogen-bond acceptors (Lipinski definition) is 3. The number of methoxy groups -OCH3 is 1. The predicted molar refractivity (Wildman–Crippen MR) is 82.4 cm³/mol. The third-order valence-electron chi connectivity index (χ3n) is 3.28. The molecule has 0 aliphatic carbocycles. The lowest BCUT2D eigenvalue weighted by Crippen LogP contribution is -2.08. The molecule has 3 nitrogen and oxygen atoms in total. The van der Waals surface area contributed by atoms with Crippen LogP contribution in [0, 0.1) is 11.3 Å². The van der Waals surface area contributed by atoms with Crippen molar-refractivity contribution in [2.24, 2.45) is 0 Å². The Balaban J connectivity index is 2.43. The summed E-state index contributed by atoms with van der Waals surface area (Å²) in [5.74, 6) is -0.131. The van der Waals surface area contributed by atoms with Gasteiger partial charge in [-0.25, -0.2) is 0 Å². The molecule has 0 spiro atoms. The van der Waals surface area contributed by atoms with Crippen LogP contribution in [0.25, 0.3) is 6.08 Å². The van der Waals surface area contributed by atoms with Crippen LogP contribution in [-0.2, 0) is 6.18 Å². The van der Waals surface area contributed by atoms with E-state index in [1.807, 2.05) is 0 Å². The van der Waals surface area contributed by atoms with E-state index in [2.05, 4.69) is 0 Å². The molecule has 0 saturated carbocycles. The van der Waals surface area contributed by atoms with Crippen LogP contribution >= 0.6 is 0 Å². The van der Waals surface area contributed by atoms with Crippen LogP contribution in [0.15, 0.2) is 54.1 Å². The molecule has 0 radical (unpaired) electrons. The van der Waals surface area contributed by atoms with Crippen LogP contribution in [0.2, 0.25) is 0 Å². The highest BCUT2D eigenvalue weighted by molar-refractivity contribution is 6.14. The van der Waals surface area contributed by atoms with Crippen LogP contribution in [0.5, 0.6) is 5.75 Å². The van der Waals surface area contributed by atoms with Gasteiger partial charge in [-0.1, -0.05) is 18.2 Å². The molecule has 122 valence electrons. The maximum Gasteiger partial charge on any atom is 0.416 e. The molecule has 24 heavy (non-hydrogen) atoms. The number of alkyl halides is 3. The smallest absolute Gasteiger partial charge is 0.416 e. The van der Waals surface area contributed by atoms with Crippen molar-refractivity contribution in [1.29, 1.82) is 5.26 Å². The molecule has 0 aliphatic heterocycles. The van der Waals surface area contributed by atoms with Crippen molar-refractivity contribution in [2.75, 3.05) is 7.11 Å². The fourth-order valence-corrected chi connectivity index (χ4v) is 2.08. The number of Topliss-reactive ketones (excluding diaryl/α,β-unsaturated/α-hetero) is 1. The van der Waals surface area contributed by atoms with Gasteiger partial charge in [0.25, 0.3) is 0 Å². The molecule has 0 aliphatic rings. The van der Waals surface area contributed by atoms with Gasteiger partial charge in [0, 0.05) is 5.56 Å². The highest BCUT2D eigenvalue weighted by atomic mass is 19.4. The normalized spacial score (nSPS) is 11.7. The summed E-state index contributed by atoms with van der Waals surface area (Å²) in [6.07, 6.45) is -3.62. The predicted octanol–water partition coefficient (Wildman–Crippen LogP) is 4.50. The Hall–Kier alpha value is -3.07. The second kappa shape index (κ2) is 7.01. The largest absolute Gasteiger partial charge is 0.497 e. The zero-order valence-corrected chi connectivity index (χ0v) is 12.6. The minimum absolute atomic E-state index is 0.188. The number of carbonyl (C=O) groups excluding carboxylic acids is 1. The van der Waals surface area contributed by atoms with E-state index in [1.165, 1.54) is 49.6 Å². The topological polar surface area (TPSA) is 50.1 Å². The van der Waals surface area contributed by atoms with Crippen molar-refractivity contribution in [1.82, 2.24) is 0 Å². The quantitative estimate of drug-likeness (QED) is 0.471. The van der Waals surface area contributed by atoms with E-state index in [9.17, 15) is 18.0 Å². The molecule has 0 atom stereocenters. The molecule has 0 bridgehead atoms. The van der Waals surface area contributed by atoms with E-state index in [-0.39, 0.29) is 16.7 Å². The van der Waals surface area contributed by atoms with Crippen LogP contribution in [0.1, 0.15) is 21.5 Å². The zero-order chi connectivity index (χ0) is 17.7. The Kier molecular flexibility index (Phi) is 5.05. The lowest BCUT2D eigenvalue weighted by molar-refractivity contribution is -0.137. The van der Waals surface area contributed by atoms with Crippen LogP contribution in [0.3, 0.4) is 0 Å². The fourth-order valence-electron chi connectivity index (χ4n) is 2.08. The van der Waals surface area contributed by atoms with E-state index < -0.39 is 17.5 Å². The average molecular weight is 331 g/mol. The number of ketones is 1. The second-order valence-electron chi connectivity index (χ2n) is 4.81. The van der Waals surface area contributed by atoms with Crippen molar-refractivity contribution >= 4 is 11.9 Å². The summed E-state index contributed by atoms with van der Waals surface area (Å²) in [5.41, 5.74) is -1.33. The summed E-state index contributed by atoms with van der Waals surface area (Å²) in [7, 11) is 1.46. The number of nitriles is 1. The molecule has 0 fully saturated rings. The maximum atomic E-state index is 13.0. The average Bonchev–Trinajstić information content (AvgIpc) is 2.58. The van der Waals surface area contributed by atoms with E-state index in [0.717, 1.165) is 12.1 Å². The minimum Gasteiger partial charge on any atom is -0.497 e. The van der Waals surface area contributed by atoms with Gasteiger partial charge in [0.1, 0.15) is 17.4 Å². The molecule has 2 aromatic rings. The molecule has 6 heteroatoms. The zero-order valence-electron chi connectivity index (χ0n) is 12.6. The van der Waals surface area contributed by atoms with Gasteiger partial charge in [0.05, 0.1) is 12.7 Å². The molecule has 0 aromatic heterocycles. The summed E-state index contributed by atoms with van der Waals surface area (Å²) < 4.78 is 44.0. The number of allylic oxidation sites excluding steroid dienone is 1. The molecular weight excluding hydrogens is 319 g/mol. The highest BCUT2D eigenvalue weighted by Gasteiger charge is 2.32. The maximum absolute atomic E-state index is 13.0. The number of nitrogens with zero attached hydrogens (tertiary/aromatic N) is 1. The van der Waals surface area contributed by atoms with Crippen molar-refractivity contribution in [3.8, 4) is 11.8 Å². The van der Waals surface area contributed by atoms with E-state index in [1.54, 1.807) is 6.07 Å². The first kappa shape index (κ1) is 17.3. The van der Waals surface area contributed by atoms with E-state index in [0.29, 0.717) is 5.75 Å². The molecule has 0 N–H and O–H groups in total. The van der Waals surface area contributed by atoms with Gasteiger partial charge in [-0.05, 0) is 42.0 Å². The lowest BCUT2D eigenvalue weighted by atomic mass is 9.99. The first-order valence-corrected chi connectivity index (χ1v) is 6.83. The third-order valence-corrected chi connectivity index (χ3v) is 3.28. The first-order valence-electron chi connectivity index (χ1n) is 6.83. The molecule has 0 amide bonds. The number of halogens is 3. The Morgan fingerprint density at radius 3 is 2.29 bits per heavy atom. The van der Waals surface area contributed by atoms with Gasteiger partial charge in [-0.3, -0.25) is 4.79 Å². The Morgan fingerprint density at radius 2 is 1.75 bits per heavy atom. The standard InChI is InChI=1S/C18H12F3NO2/c1-24-15-8-6-12(7-9-15)17(23)14(11-22)10-13-4-2-3-5-16(13)18(19,20)21/h2-10H,1H3/b14-10-. The Labute approximate surface area is 136 Å². The Morgan fingerprint density at radius 1 is 1.12 bits per heavy atom. The van der Waals surface area contributed by atoms with Crippen LogP contribution < -0.4 is 4.74 Å². The summed E-state index contributed by atoms with van der Waals surface area (Å²) in [5, 5.41) is 9.17. The number of hydrogen-bond donors (Lipinski definition) is 0. The summed E-state index contributed by atoms with van der Waals surface area (Å²) >= 11 is 0.